The Morgan fingerprint density at radius 2 is 1.75 bits per heavy atom. The fourth-order valence-electron chi connectivity index (χ4n) is 4.56. The Labute approximate surface area is 187 Å². The first-order chi connectivity index (χ1) is 15.7. The predicted molar refractivity (Wildman–Crippen MR) is 118 cm³/mol. The summed E-state index contributed by atoms with van der Waals surface area (Å²) < 4.78 is 11.4. The number of nitrogens with one attached hydrogen (secondary N) is 1. The number of likely N-dealkylation sites (tertiary alicyclic amines) is 1. The number of ether oxygens (including phenoxy) is 2. The van der Waals surface area contributed by atoms with Gasteiger partial charge in [-0.2, -0.15) is 0 Å². The lowest BCUT2D eigenvalue weighted by atomic mass is 10.0. The van der Waals surface area contributed by atoms with Crippen molar-refractivity contribution in [2.75, 3.05) is 31.6 Å². The molecule has 1 aromatic carbocycles. The second-order valence-electron chi connectivity index (χ2n) is 8.64. The Kier molecular flexibility index (Phi) is 5.94. The summed E-state index contributed by atoms with van der Waals surface area (Å²) in [5.74, 6) is 0.762. The summed E-state index contributed by atoms with van der Waals surface area (Å²) in [4.78, 5) is 33.2. The lowest BCUT2D eigenvalue weighted by Gasteiger charge is -2.33. The number of aromatic nitrogens is 1. The van der Waals surface area contributed by atoms with Crippen molar-refractivity contribution in [1.29, 1.82) is 0 Å². The summed E-state index contributed by atoms with van der Waals surface area (Å²) >= 11 is 0. The average Bonchev–Trinajstić information content (AvgIpc) is 3.51. The molecule has 8 nitrogen and oxygen atoms in total. The summed E-state index contributed by atoms with van der Waals surface area (Å²) in [7, 11) is 0. The molecule has 0 radical (unpaired) electrons. The van der Waals surface area contributed by atoms with Crippen LogP contribution in [0.5, 0.6) is 5.88 Å². The maximum absolute atomic E-state index is 12.6. The maximum Gasteiger partial charge on any atom is 0.322 e. The van der Waals surface area contributed by atoms with E-state index in [0.717, 1.165) is 19.3 Å². The molecule has 1 atom stereocenters. The third kappa shape index (κ3) is 4.55. The first kappa shape index (κ1) is 20.8. The molecule has 5 rings (SSSR count). The van der Waals surface area contributed by atoms with E-state index in [1.54, 1.807) is 17.2 Å². The minimum Gasteiger partial charge on any atom is -0.474 e. The molecule has 0 saturated carbocycles. The molecule has 168 valence electrons. The van der Waals surface area contributed by atoms with Crippen molar-refractivity contribution in [3.05, 3.63) is 53.7 Å². The number of carbonyl (C=O) groups is 2. The van der Waals surface area contributed by atoms with E-state index in [4.69, 9.17) is 9.47 Å². The number of pyridine rings is 1. The number of nitrogens with zero attached hydrogens (tertiary/aromatic N) is 3. The first-order valence-corrected chi connectivity index (χ1v) is 11.3. The summed E-state index contributed by atoms with van der Waals surface area (Å²) in [6.45, 7) is 3.87. The van der Waals surface area contributed by atoms with E-state index >= 15 is 0 Å². The van der Waals surface area contributed by atoms with Crippen molar-refractivity contribution in [1.82, 2.24) is 14.8 Å². The van der Waals surface area contributed by atoms with Gasteiger partial charge in [-0.15, -0.1) is 0 Å². The highest BCUT2D eigenvalue weighted by Crippen LogP contribution is 2.24. The fourth-order valence-corrected chi connectivity index (χ4v) is 4.56. The quantitative estimate of drug-likeness (QED) is 0.797. The monoisotopic (exact) mass is 436 g/mol. The number of piperidine rings is 1. The number of fused-ring (bicyclic) bond motifs is 1. The van der Waals surface area contributed by atoms with E-state index in [1.807, 2.05) is 23.1 Å². The number of rotatable bonds is 4. The van der Waals surface area contributed by atoms with Crippen molar-refractivity contribution in [2.24, 2.45) is 5.92 Å². The molecular formula is C24H28N4O4. The summed E-state index contributed by atoms with van der Waals surface area (Å²) in [5.41, 5.74) is 3.01. The van der Waals surface area contributed by atoms with E-state index in [1.165, 1.54) is 11.1 Å². The molecule has 3 amide bonds. The van der Waals surface area contributed by atoms with E-state index in [0.29, 0.717) is 51.0 Å². The van der Waals surface area contributed by atoms with Crippen molar-refractivity contribution >= 4 is 17.6 Å². The van der Waals surface area contributed by atoms with Gasteiger partial charge in [0.2, 0.25) is 11.8 Å². The number of hydrogen-bond acceptors (Lipinski definition) is 5. The standard InChI is InChI=1S/C24H28N4O4/c29-23(19-9-12-31-16-19)27-10-7-21(8-11-27)32-22-6-5-20(13-25-22)26-24(30)28-14-17-3-1-2-4-18(17)15-28/h1-6,13,19,21H,7-12,14-16H2,(H,26,30). The number of urea groups is 1. The molecule has 0 spiro atoms. The smallest absolute Gasteiger partial charge is 0.322 e. The molecule has 0 aliphatic carbocycles. The normalized spacial score (nSPS) is 20.8. The van der Waals surface area contributed by atoms with Crippen molar-refractivity contribution in [3.63, 3.8) is 0 Å². The van der Waals surface area contributed by atoms with Gasteiger partial charge in [0.05, 0.1) is 24.4 Å². The number of anilines is 1. The Balaban J connectivity index is 1.09. The maximum atomic E-state index is 12.6. The molecule has 32 heavy (non-hydrogen) atoms. The van der Waals surface area contributed by atoms with Gasteiger partial charge in [0.1, 0.15) is 6.10 Å². The van der Waals surface area contributed by atoms with Gasteiger partial charge in [-0.25, -0.2) is 9.78 Å². The van der Waals surface area contributed by atoms with Crippen LogP contribution in [0.4, 0.5) is 10.5 Å². The molecule has 2 aromatic rings. The topological polar surface area (TPSA) is 84.0 Å². The van der Waals surface area contributed by atoms with Gasteiger partial charge < -0.3 is 24.6 Å². The van der Waals surface area contributed by atoms with Gasteiger partial charge in [0, 0.05) is 51.7 Å². The molecule has 3 aliphatic heterocycles. The lowest BCUT2D eigenvalue weighted by molar-refractivity contribution is -0.137. The van der Waals surface area contributed by atoms with Crippen LogP contribution in [0.2, 0.25) is 0 Å². The highest BCUT2D eigenvalue weighted by molar-refractivity contribution is 5.89. The van der Waals surface area contributed by atoms with Crippen molar-refractivity contribution in [3.8, 4) is 5.88 Å². The molecule has 3 aliphatic rings. The lowest BCUT2D eigenvalue weighted by Crippen LogP contribution is -2.44. The minimum atomic E-state index is -0.138. The number of benzene rings is 1. The zero-order valence-corrected chi connectivity index (χ0v) is 18.0. The molecular weight excluding hydrogens is 408 g/mol. The third-order valence-electron chi connectivity index (χ3n) is 6.44. The number of carbonyl (C=O) groups excluding carboxylic acids is 2. The van der Waals surface area contributed by atoms with E-state index in [9.17, 15) is 9.59 Å². The van der Waals surface area contributed by atoms with Gasteiger partial charge >= 0.3 is 6.03 Å². The van der Waals surface area contributed by atoms with Crippen LogP contribution in [0.1, 0.15) is 30.4 Å². The van der Waals surface area contributed by atoms with Crippen LogP contribution in [-0.4, -0.2) is 59.1 Å². The van der Waals surface area contributed by atoms with E-state index < -0.39 is 0 Å². The van der Waals surface area contributed by atoms with Crippen molar-refractivity contribution in [2.45, 2.75) is 38.5 Å². The first-order valence-electron chi connectivity index (χ1n) is 11.3. The van der Waals surface area contributed by atoms with Crippen LogP contribution in [0.25, 0.3) is 0 Å². The van der Waals surface area contributed by atoms with Gasteiger partial charge in [0.15, 0.2) is 0 Å². The summed E-state index contributed by atoms with van der Waals surface area (Å²) in [5, 5.41) is 2.91. The Bertz CT molecular complexity index is 941. The van der Waals surface area contributed by atoms with Gasteiger partial charge in [0.25, 0.3) is 0 Å². The predicted octanol–water partition coefficient (Wildman–Crippen LogP) is 3.04. The SMILES string of the molecule is O=C(Nc1ccc(OC2CCN(C(=O)C3CCOC3)CC2)nc1)N1Cc2ccccc2C1. The van der Waals surface area contributed by atoms with E-state index in [-0.39, 0.29) is 24.0 Å². The summed E-state index contributed by atoms with van der Waals surface area (Å²) in [6, 6.07) is 11.6. The molecule has 1 N–H and O–H groups in total. The minimum absolute atomic E-state index is 0.0200. The van der Waals surface area contributed by atoms with Crippen LogP contribution in [0.3, 0.4) is 0 Å². The van der Waals surface area contributed by atoms with Gasteiger partial charge in [-0.1, -0.05) is 24.3 Å². The molecule has 0 bridgehead atoms. The van der Waals surface area contributed by atoms with Gasteiger partial charge in [-0.3, -0.25) is 4.79 Å². The number of hydrogen-bond donors (Lipinski definition) is 1. The van der Waals surface area contributed by atoms with Crippen LogP contribution in [0.15, 0.2) is 42.6 Å². The summed E-state index contributed by atoms with van der Waals surface area (Å²) in [6.07, 6.45) is 4.06. The Hall–Kier alpha value is -3.13. The second-order valence-corrected chi connectivity index (χ2v) is 8.64. The highest BCUT2D eigenvalue weighted by Gasteiger charge is 2.31. The molecule has 1 unspecified atom stereocenters. The van der Waals surface area contributed by atoms with Crippen molar-refractivity contribution < 1.29 is 19.1 Å². The van der Waals surface area contributed by atoms with Crippen LogP contribution >= 0.6 is 0 Å². The van der Waals surface area contributed by atoms with Crippen LogP contribution in [-0.2, 0) is 22.6 Å². The van der Waals surface area contributed by atoms with E-state index in [2.05, 4.69) is 22.4 Å². The van der Waals surface area contributed by atoms with Crippen LogP contribution < -0.4 is 10.1 Å². The largest absolute Gasteiger partial charge is 0.474 e. The Morgan fingerprint density at radius 3 is 2.38 bits per heavy atom. The molecule has 4 heterocycles. The van der Waals surface area contributed by atoms with Gasteiger partial charge in [-0.05, 0) is 23.6 Å². The molecule has 2 fully saturated rings. The zero-order chi connectivity index (χ0) is 21.9. The van der Waals surface area contributed by atoms with Crippen LogP contribution in [0, 0.1) is 5.92 Å². The third-order valence-corrected chi connectivity index (χ3v) is 6.44. The number of amides is 3. The zero-order valence-electron chi connectivity index (χ0n) is 18.0. The molecule has 2 saturated heterocycles. The fraction of sp³-hybridized carbons (Fsp3) is 0.458. The second kappa shape index (κ2) is 9.16. The highest BCUT2D eigenvalue weighted by atomic mass is 16.5. The molecule has 8 heteroatoms. The Morgan fingerprint density at radius 1 is 1.00 bits per heavy atom. The molecule has 1 aromatic heterocycles. The average molecular weight is 437 g/mol.